The first-order chi connectivity index (χ1) is 14.3. The monoisotopic (exact) mass is 392 g/mol. The molecule has 1 aromatic heterocycles. The Bertz CT molecular complexity index is 1310. The third kappa shape index (κ3) is 3.63. The van der Waals surface area contributed by atoms with Crippen molar-refractivity contribution >= 4 is 22.4 Å². The first-order valence-corrected chi connectivity index (χ1v) is 9.84. The van der Waals surface area contributed by atoms with Gasteiger partial charge in [0.1, 0.15) is 5.15 Å². The lowest BCUT2D eigenvalue weighted by atomic mass is 10.0. The Morgan fingerprint density at radius 3 is 2.07 bits per heavy atom. The fourth-order valence-corrected chi connectivity index (χ4v) is 3.70. The summed E-state index contributed by atoms with van der Waals surface area (Å²) in [5.41, 5.74) is 5.09. The molecule has 0 fully saturated rings. The van der Waals surface area contributed by atoms with Crippen LogP contribution in [0.3, 0.4) is 0 Å². The molecule has 0 bridgehead atoms. The van der Waals surface area contributed by atoms with Crippen molar-refractivity contribution in [2.24, 2.45) is 0 Å². The van der Waals surface area contributed by atoms with Gasteiger partial charge in [-0.3, -0.25) is 0 Å². The summed E-state index contributed by atoms with van der Waals surface area (Å²) in [5, 5.41) is 2.78. The van der Waals surface area contributed by atoms with Gasteiger partial charge in [-0.15, -0.1) is 0 Å². The van der Waals surface area contributed by atoms with Gasteiger partial charge in [-0.1, -0.05) is 96.5 Å². The lowest BCUT2D eigenvalue weighted by Crippen LogP contribution is -1.93. The number of halogens is 1. The van der Waals surface area contributed by atoms with Crippen LogP contribution in [0.1, 0.15) is 0 Å². The summed E-state index contributed by atoms with van der Waals surface area (Å²) in [6, 6.07) is 35.0. The van der Waals surface area contributed by atoms with Crippen LogP contribution in [0.5, 0.6) is 0 Å². The zero-order valence-electron chi connectivity index (χ0n) is 15.6. The molecular weight excluding hydrogens is 376 g/mol. The molecule has 1 heterocycles. The zero-order chi connectivity index (χ0) is 19.6. The third-order valence-electron chi connectivity index (χ3n) is 4.97. The third-order valence-corrected chi connectivity index (χ3v) is 5.16. The smallest absolute Gasteiger partial charge is 0.161 e. The van der Waals surface area contributed by atoms with Crippen LogP contribution in [0.15, 0.2) is 103 Å². The molecule has 3 heteroatoms. The van der Waals surface area contributed by atoms with E-state index in [9.17, 15) is 0 Å². The molecule has 0 atom stereocenters. The SMILES string of the molecule is Clc1cc(-c2cccc(-c3ccccc3)c2)nc(-c2ccc3ccccc3c2)n1. The maximum Gasteiger partial charge on any atom is 0.161 e. The predicted octanol–water partition coefficient (Wildman–Crippen LogP) is 7.28. The van der Waals surface area contributed by atoms with Crippen LogP contribution in [0.2, 0.25) is 5.15 Å². The second-order valence-electron chi connectivity index (χ2n) is 6.91. The van der Waals surface area contributed by atoms with Gasteiger partial charge in [0.25, 0.3) is 0 Å². The Hall–Kier alpha value is -3.49. The normalized spacial score (nSPS) is 10.9. The number of fused-ring (bicyclic) bond motifs is 1. The van der Waals surface area contributed by atoms with Gasteiger partial charge in [-0.2, -0.15) is 0 Å². The lowest BCUT2D eigenvalue weighted by molar-refractivity contribution is 1.18. The summed E-state index contributed by atoms with van der Waals surface area (Å²) >= 11 is 6.37. The Kier molecular flexibility index (Phi) is 4.55. The number of hydrogen-bond acceptors (Lipinski definition) is 2. The average Bonchev–Trinajstić information content (AvgIpc) is 2.79. The van der Waals surface area contributed by atoms with Crippen molar-refractivity contribution in [3.63, 3.8) is 0 Å². The van der Waals surface area contributed by atoms with E-state index in [-0.39, 0.29) is 0 Å². The molecule has 29 heavy (non-hydrogen) atoms. The van der Waals surface area contributed by atoms with Crippen LogP contribution in [-0.4, -0.2) is 9.97 Å². The fourth-order valence-electron chi connectivity index (χ4n) is 3.51. The second kappa shape index (κ2) is 7.50. The van der Waals surface area contributed by atoms with Gasteiger partial charge >= 0.3 is 0 Å². The topological polar surface area (TPSA) is 25.8 Å². The van der Waals surface area contributed by atoms with Crippen LogP contribution >= 0.6 is 11.6 Å². The molecule has 0 N–H and O–H groups in total. The standard InChI is InChI=1S/C26H17ClN2/c27-25-17-24(22-12-6-11-21(15-22)18-7-2-1-3-8-18)28-26(29-25)23-14-13-19-9-4-5-10-20(19)16-23/h1-17H. The largest absolute Gasteiger partial charge is 0.228 e. The number of benzene rings is 4. The number of aromatic nitrogens is 2. The number of nitrogens with zero attached hydrogens (tertiary/aromatic N) is 2. The quantitative estimate of drug-likeness (QED) is 0.301. The number of rotatable bonds is 3. The molecular formula is C26H17ClN2. The minimum atomic E-state index is 0.434. The maximum atomic E-state index is 6.37. The van der Waals surface area contributed by atoms with Gasteiger partial charge < -0.3 is 0 Å². The van der Waals surface area contributed by atoms with E-state index in [2.05, 4.69) is 59.6 Å². The van der Waals surface area contributed by atoms with Crippen LogP contribution in [0.4, 0.5) is 0 Å². The van der Waals surface area contributed by atoms with Gasteiger partial charge in [-0.05, 0) is 34.0 Å². The van der Waals surface area contributed by atoms with Crippen LogP contribution < -0.4 is 0 Å². The van der Waals surface area contributed by atoms with Gasteiger partial charge in [0.15, 0.2) is 5.82 Å². The van der Waals surface area contributed by atoms with Crippen LogP contribution in [0, 0.1) is 0 Å². The molecule has 0 radical (unpaired) electrons. The van der Waals surface area contributed by atoms with Crippen LogP contribution in [0.25, 0.3) is 44.5 Å². The summed E-state index contributed by atoms with van der Waals surface area (Å²) in [6.07, 6.45) is 0. The lowest BCUT2D eigenvalue weighted by Gasteiger charge is -2.09. The molecule has 138 valence electrons. The van der Waals surface area contributed by atoms with Gasteiger partial charge in [0.05, 0.1) is 5.69 Å². The highest BCUT2D eigenvalue weighted by Gasteiger charge is 2.09. The predicted molar refractivity (Wildman–Crippen MR) is 121 cm³/mol. The van der Waals surface area contributed by atoms with Gasteiger partial charge in [-0.25, -0.2) is 9.97 Å². The molecule has 5 rings (SSSR count). The summed E-state index contributed by atoms with van der Waals surface area (Å²) in [5.74, 6) is 0.628. The summed E-state index contributed by atoms with van der Waals surface area (Å²) in [6.45, 7) is 0. The molecule has 0 spiro atoms. The Labute approximate surface area is 174 Å². The van der Waals surface area contributed by atoms with E-state index in [0.29, 0.717) is 11.0 Å². The molecule has 0 amide bonds. The van der Waals surface area contributed by atoms with Crippen molar-refractivity contribution in [1.29, 1.82) is 0 Å². The van der Waals surface area contributed by atoms with E-state index in [1.54, 1.807) is 0 Å². The van der Waals surface area contributed by atoms with E-state index < -0.39 is 0 Å². The number of hydrogen-bond donors (Lipinski definition) is 0. The first kappa shape index (κ1) is 17.6. The van der Waals surface area contributed by atoms with E-state index in [1.807, 2.05) is 48.5 Å². The van der Waals surface area contributed by atoms with E-state index >= 15 is 0 Å². The fraction of sp³-hybridized carbons (Fsp3) is 0. The van der Waals surface area contributed by atoms with E-state index in [1.165, 1.54) is 10.9 Å². The van der Waals surface area contributed by atoms with Crippen LogP contribution in [-0.2, 0) is 0 Å². The van der Waals surface area contributed by atoms with Crippen molar-refractivity contribution in [1.82, 2.24) is 9.97 Å². The van der Waals surface area contributed by atoms with E-state index in [0.717, 1.165) is 27.8 Å². The second-order valence-corrected chi connectivity index (χ2v) is 7.30. The van der Waals surface area contributed by atoms with E-state index in [4.69, 9.17) is 16.6 Å². The average molecular weight is 393 g/mol. The van der Waals surface area contributed by atoms with Crippen molar-refractivity contribution in [3.05, 3.63) is 108 Å². The molecule has 0 saturated heterocycles. The van der Waals surface area contributed by atoms with Gasteiger partial charge in [0, 0.05) is 17.2 Å². The maximum absolute atomic E-state index is 6.37. The molecule has 5 aromatic rings. The highest BCUT2D eigenvalue weighted by atomic mass is 35.5. The molecule has 4 aromatic carbocycles. The van der Waals surface area contributed by atoms with Crippen molar-refractivity contribution < 1.29 is 0 Å². The highest BCUT2D eigenvalue weighted by Crippen LogP contribution is 2.29. The molecule has 0 aliphatic carbocycles. The van der Waals surface area contributed by atoms with Crippen molar-refractivity contribution in [2.75, 3.05) is 0 Å². The summed E-state index contributed by atoms with van der Waals surface area (Å²) in [7, 11) is 0. The molecule has 0 aliphatic rings. The Balaban J connectivity index is 1.59. The molecule has 0 unspecified atom stereocenters. The summed E-state index contributed by atoms with van der Waals surface area (Å²) < 4.78 is 0. The Morgan fingerprint density at radius 2 is 1.21 bits per heavy atom. The minimum Gasteiger partial charge on any atom is -0.228 e. The molecule has 2 nitrogen and oxygen atoms in total. The molecule has 0 aliphatic heterocycles. The van der Waals surface area contributed by atoms with Crippen molar-refractivity contribution in [2.45, 2.75) is 0 Å². The first-order valence-electron chi connectivity index (χ1n) is 9.46. The summed E-state index contributed by atoms with van der Waals surface area (Å²) in [4.78, 5) is 9.29. The van der Waals surface area contributed by atoms with Crippen molar-refractivity contribution in [3.8, 4) is 33.8 Å². The molecule has 0 saturated carbocycles. The van der Waals surface area contributed by atoms with Gasteiger partial charge in [0.2, 0.25) is 0 Å². The Morgan fingerprint density at radius 1 is 0.483 bits per heavy atom. The highest BCUT2D eigenvalue weighted by molar-refractivity contribution is 6.29. The zero-order valence-corrected chi connectivity index (χ0v) is 16.3. The minimum absolute atomic E-state index is 0.434.